The molecule has 0 aromatic heterocycles. The Morgan fingerprint density at radius 2 is 1.88 bits per heavy atom. The summed E-state index contributed by atoms with van der Waals surface area (Å²) in [6.07, 6.45) is 3.88. The van der Waals surface area contributed by atoms with Crippen LogP contribution in [0.15, 0.2) is 12.2 Å². The molecule has 0 aliphatic carbocycles. The van der Waals surface area contributed by atoms with Crippen LogP contribution in [0, 0.1) is 0 Å². The normalized spacial score (nSPS) is 18.9. The molecule has 0 unspecified atom stereocenters. The summed E-state index contributed by atoms with van der Waals surface area (Å²) >= 11 is 0. The molecule has 1 aliphatic heterocycles. The quantitative estimate of drug-likeness (QED) is 0.697. The van der Waals surface area contributed by atoms with Crippen LogP contribution in [0.3, 0.4) is 0 Å². The first-order chi connectivity index (χ1) is 7.50. The van der Waals surface area contributed by atoms with Crippen molar-refractivity contribution in [2.75, 3.05) is 27.2 Å². The molecule has 1 heterocycles. The number of carbonyl (C=O) groups excluding carboxylic acids is 1. The number of aliphatic carboxylic acids is 1. The van der Waals surface area contributed by atoms with Gasteiger partial charge in [-0.1, -0.05) is 0 Å². The molecule has 0 aromatic rings. The van der Waals surface area contributed by atoms with Gasteiger partial charge in [-0.25, -0.2) is 4.79 Å². The summed E-state index contributed by atoms with van der Waals surface area (Å²) in [7, 11) is 3.78. The number of hydrogen-bond acceptors (Lipinski definition) is 3. The summed E-state index contributed by atoms with van der Waals surface area (Å²) in [5.74, 6) is -1.33. The molecule has 90 valence electrons. The van der Waals surface area contributed by atoms with Crippen molar-refractivity contribution < 1.29 is 14.7 Å². The maximum atomic E-state index is 11.6. The molecule has 0 radical (unpaired) electrons. The summed E-state index contributed by atoms with van der Waals surface area (Å²) in [6, 6.07) is 0.224. The first-order valence-electron chi connectivity index (χ1n) is 5.37. The molecule has 1 saturated heterocycles. The number of carboxylic acid groups (broad SMARTS) is 1. The Labute approximate surface area is 95.3 Å². The Hall–Kier alpha value is -1.36. The van der Waals surface area contributed by atoms with E-state index < -0.39 is 5.97 Å². The zero-order valence-electron chi connectivity index (χ0n) is 9.72. The molecule has 5 nitrogen and oxygen atoms in total. The summed E-state index contributed by atoms with van der Waals surface area (Å²) in [4.78, 5) is 25.7. The molecular weight excluding hydrogens is 208 g/mol. The van der Waals surface area contributed by atoms with Gasteiger partial charge in [0.2, 0.25) is 5.91 Å². The van der Waals surface area contributed by atoms with Gasteiger partial charge in [-0.2, -0.15) is 0 Å². The third-order valence-corrected chi connectivity index (χ3v) is 2.95. The minimum absolute atomic E-state index is 0.224. The van der Waals surface area contributed by atoms with E-state index in [4.69, 9.17) is 5.11 Å². The minimum atomic E-state index is -1.09. The average Bonchev–Trinajstić information content (AvgIpc) is 2.26. The van der Waals surface area contributed by atoms with E-state index in [1.807, 2.05) is 0 Å². The van der Waals surface area contributed by atoms with Crippen LogP contribution in [-0.2, 0) is 9.59 Å². The molecule has 1 N–H and O–H groups in total. The van der Waals surface area contributed by atoms with E-state index in [1.165, 1.54) is 0 Å². The first-order valence-corrected chi connectivity index (χ1v) is 5.37. The van der Waals surface area contributed by atoms with Crippen molar-refractivity contribution in [2.24, 2.45) is 0 Å². The highest BCUT2D eigenvalue weighted by Crippen LogP contribution is 2.14. The number of carboxylic acids is 1. The van der Waals surface area contributed by atoms with Gasteiger partial charge in [-0.05, 0) is 33.0 Å². The Kier molecular flexibility index (Phi) is 4.49. The van der Waals surface area contributed by atoms with Crippen LogP contribution in [0.5, 0.6) is 0 Å². The summed E-state index contributed by atoms with van der Waals surface area (Å²) < 4.78 is 0. The van der Waals surface area contributed by atoms with Gasteiger partial charge in [-0.15, -0.1) is 0 Å². The maximum Gasteiger partial charge on any atom is 0.328 e. The third-order valence-electron chi connectivity index (χ3n) is 2.95. The largest absolute Gasteiger partial charge is 0.478 e. The number of likely N-dealkylation sites (tertiary alicyclic amines) is 1. The molecule has 0 saturated carbocycles. The fourth-order valence-corrected chi connectivity index (χ4v) is 1.82. The topological polar surface area (TPSA) is 60.9 Å². The number of piperidine rings is 1. The standard InChI is InChI=1S/C11H18N2O3/c1-12-7-5-9(6-8-12)13(2)10(14)3-4-11(15)16/h3-4,9H,5-8H2,1-2H3,(H,15,16)/b4-3+. The minimum Gasteiger partial charge on any atom is -0.478 e. The molecule has 0 atom stereocenters. The molecule has 1 aliphatic rings. The van der Waals surface area contributed by atoms with Crippen LogP contribution in [0.25, 0.3) is 0 Å². The van der Waals surface area contributed by atoms with Crippen molar-refractivity contribution >= 4 is 11.9 Å². The Balaban J connectivity index is 2.47. The highest BCUT2D eigenvalue weighted by Gasteiger charge is 2.22. The van der Waals surface area contributed by atoms with Gasteiger partial charge < -0.3 is 14.9 Å². The molecule has 16 heavy (non-hydrogen) atoms. The fraction of sp³-hybridized carbons (Fsp3) is 0.636. The van der Waals surface area contributed by atoms with E-state index in [2.05, 4.69) is 11.9 Å². The molecule has 1 rings (SSSR count). The number of hydrogen-bond donors (Lipinski definition) is 1. The van der Waals surface area contributed by atoms with Crippen molar-refractivity contribution in [1.29, 1.82) is 0 Å². The van der Waals surface area contributed by atoms with Crippen molar-refractivity contribution in [3.63, 3.8) is 0 Å². The van der Waals surface area contributed by atoms with Gasteiger partial charge in [0.1, 0.15) is 0 Å². The Morgan fingerprint density at radius 1 is 1.31 bits per heavy atom. The monoisotopic (exact) mass is 226 g/mol. The van der Waals surface area contributed by atoms with Crippen molar-refractivity contribution in [2.45, 2.75) is 18.9 Å². The highest BCUT2D eigenvalue weighted by molar-refractivity contribution is 5.93. The Morgan fingerprint density at radius 3 is 2.38 bits per heavy atom. The van der Waals surface area contributed by atoms with Gasteiger partial charge in [0, 0.05) is 25.2 Å². The molecule has 0 spiro atoms. The number of carbonyl (C=O) groups is 2. The first kappa shape index (κ1) is 12.7. The van der Waals surface area contributed by atoms with E-state index in [9.17, 15) is 9.59 Å². The van der Waals surface area contributed by atoms with Crippen LogP contribution in [-0.4, -0.2) is 60.0 Å². The lowest BCUT2D eigenvalue weighted by molar-refractivity contribution is -0.132. The molecular formula is C11H18N2O3. The van der Waals surface area contributed by atoms with E-state index in [0.29, 0.717) is 0 Å². The van der Waals surface area contributed by atoms with Gasteiger partial charge in [0.05, 0.1) is 0 Å². The molecule has 0 bridgehead atoms. The highest BCUT2D eigenvalue weighted by atomic mass is 16.4. The predicted octanol–water partition coefficient (Wildman–Crippen LogP) is 0.180. The molecule has 0 aromatic carbocycles. The van der Waals surface area contributed by atoms with Crippen LogP contribution >= 0.6 is 0 Å². The van der Waals surface area contributed by atoms with E-state index >= 15 is 0 Å². The number of rotatable bonds is 3. The summed E-state index contributed by atoms with van der Waals surface area (Å²) in [5.41, 5.74) is 0. The predicted molar refractivity (Wildman–Crippen MR) is 60.1 cm³/mol. The number of likely N-dealkylation sites (N-methyl/N-ethyl adjacent to an activating group) is 1. The van der Waals surface area contributed by atoms with Gasteiger partial charge in [-0.3, -0.25) is 4.79 Å². The number of nitrogens with zero attached hydrogens (tertiary/aromatic N) is 2. The summed E-state index contributed by atoms with van der Waals surface area (Å²) in [5, 5.41) is 8.42. The van der Waals surface area contributed by atoms with Gasteiger partial charge in [0.15, 0.2) is 0 Å². The van der Waals surface area contributed by atoms with Crippen LogP contribution < -0.4 is 0 Å². The van der Waals surface area contributed by atoms with Gasteiger partial charge >= 0.3 is 5.97 Å². The zero-order valence-corrected chi connectivity index (χ0v) is 9.72. The molecule has 5 heteroatoms. The molecule has 1 amide bonds. The average molecular weight is 226 g/mol. The van der Waals surface area contributed by atoms with Crippen LogP contribution in [0.2, 0.25) is 0 Å². The van der Waals surface area contributed by atoms with E-state index in [0.717, 1.165) is 38.1 Å². The zero-order chi connectivity index (χ0) is 12.1. The van der Waals surface area contributed by atoms with Crippen molar-refractivity contribution in [1.82, 2.24) is 9.80 Å². The maximum absolute atomic E-state index is 11.6. The second-order valence-electron chi connectivity index (χ2n) is 4.16. The molecule has 1 fully saturated rings. The second-order valence-corrected chi connectivity index (χ2v) is 4.16. The van der Waals surface area contributed by atoms with Crippen molar-refractivity contribution in [3.05, 3.63) is 12.2 Å². The number of amides is 1. The lowest BCUT2D eigenvalue weighted by Crippen LogP contribution is -2.44. The lowest BCUT2D eigenvalue weighted by atomic mass is 10.0. The lowest BCUT2D eigenvalue weighted by Gasteiger charge is -2.34. The van der Waals surface area contributed by atoms with E-state index in [-0.39, 0.29) is 11.9 Å². The van der Waals surface area contributed by atoms with E-state index in [1.54, 1.807) is 11.9 Å². The van der Waals surface area contributed by atoms with Crippen LogP contribution in [0.1, 0.15) is 12.8 Å². The van der Waals surface area contributed by atoms with Crippen molar-refractivity contribution in [3.8, 4) is 0 Å². The Bertz CT molecular complexity index is 294. The smallest absolute Gasteiger partial charge is 0.328 e. The third kappa shape index (κ3) is 3.66. The van der Waals surface area contributed by atoms with Crippen LogP contribution in [0.4, 0.5) is 0 Å². The summed E-state index contributed by atoms with van der Waals surface area (Å²) in [6.45, 7) is 1.95. The SMILES string of the molecule is CN1CCC(N(C)C(=O)/C=C/C(=O)O)CC1. The fourth-order valence-electron chi connectivity index (χ4n) is 1.82. The van der Waals surface area contributed by atoms with Gasteiger partial charge in [0.25, 0.3) is 0 Å². The second kappa shape index (κ2) is 5.65.